The van der Waals surface area contributed by atoms with Crippen molar-refractivity contribution in [3.8, 4) is 5.69 Å². The number of nitrogen functional groups attached to an aromatic ring is 1. The van der Waals surface area contributed by atoms with E-state index in [0.717, 1.165) is 5.69 Å². The number of para-hydroxylation sites is 1. The number of anilines is 1. The van der Waals surface area contributed by atoms with Gasteiger partial charge >= 0.3 is 0 Å². The highest BCUT2D eigenvalue weighted by Gasteiger charge is 2.21. The van der Waals surface area contributed by atoms with E-state index < -0.39 is 15.1 Å². The van der Waals surface area contributed by atoms with E-state index in [1.165, 1.54) is 10.9 Å². The number of hydrogen-bond donors (Lipinski definition) is 1. The quantitative estimate of drug-likeness (QED) is 0.913. The molecule has 6 heteroatoms. The molecule has 0 radical (unpaired) electrons. The number of rotatable bonds is 3. The number of aromatic nitrogens is 2. The molecule has 0 aliphatic heterocycles. The fraction of sp³-hybridized carbons (Fsp3) is 0.250. The van der Waals surface area contributed by atoms with Crippen molar-refractivity contribution in [2.24, 2.45) is 0 Å². The maximum atomic E-state index is 11.5. The summed E-state index contributed by atoms with van der Waals surface area (Å²) in [6.07, 6.45) is 1.19. The average molecular weight is 265 g/mol. The normalized spacial score (nSPS) is 13.4. The minimum absolute atomic E-state index is 0.423. The minimum Gasteiger partial charge on any atom is -0.384 e. The van der Waals surface area contributed by atoms with Gasteiger partial charge in [-0.05, 0) is 19.1 Å². The molecule has 0 spiro atoms. The fourth-order valence-electron chi connectivity index (χ4n) is 1.61. The predicted molar refractivity (Wildman–Crippen MR) is 71.2 cm³/mol. The third kappa shape index (κ3) is 2.38. The van der Waals surface area contributed by atoms with Gasteiger partial charge in [0, 0.05) is 12.3 Å². The first-order valence-electron chi connectivity index (χ1n) is 5.49. The molecule has 0 aliphatic rings. The van der Waals surface area contributed by atoms with Crippen LogP contribution in [0.2, 0.25) is 0 Å². The summed E-state index contributed by atoms with van der Waals surface area (Å²) >= 11 is 0. The van der Waals surface area contributed by atoms with Gasteiger partial charge in [-0.15, -0.1) is 0 Å². The van der Waals surface area contributed by atoms with Crippen molar-refractivity contribution in [1.29, 1.82) is 0 Å². The summed E-state index contributed by atoms with van der Waals surface area (Å²) in [6, 6.07) is 10.9. The summed E-state index contributed by atoms with van der Waals surface area (Å²) in [7, 11) is -3.17. The summed E-state index contributed by atoms with van der Waals surface area (Å²) in [5.41, 5.74) is 7.12. The van der Waals surface area contributed by atoms with Crippen molar-refractivity contribution in [2.45, 2.75) is 12.2 Å². The Bertz CT molecular complexity index is 647. The molecule has 0 amide bonds. The smallest absolute Gasteiger partial charge is 0.155 e. The second-order valence-corrected chi connectivity index (χ2v) is 6.58. The molecule has 2 rings (SSSR count). The monoisotopic (exact) mass is 265 g/mol. The van der Waals surface area contributed by atoms with Gasteiger partial charge in [-0.25, -0.2) is 13.1 Å². The molecule has 18 heavy (non-hydrogen) atoms. The maximum absolute atomic E-state index is 11.5. The Labute approximate surface area is 106 Å². The Morgan fingerprint density at radius 1 is 1.28 bits per heavy atom. The first kappa shape index (κ1) is 12.6. The van der Waals surface area contributed by atoms with E-state index in [-0.39, 0.29) is 0 Å². The van der Waals surface area contributed by atoms with Gasteiger partial charge in [-0.1, -0.05) is 18.2 Å². The van der Waals surface area contributed by atoms with Crippen LogP contribution in [0, 0.1) is 0 Å². The lowest BCUT2D eigenvalue weighted by molar-refractivity contribution is 0.590. The summed E-state index contributed by atoms with van der Waals surface area (Å²) in [4.78, 5) is 0. The second-order valence-electron chi connectivity index (χ2n) is 4.21. The van der Waals surface area contributed by atoms with Crippen molar-refractivity contribution in [3.63, 3.8) is 0 Å². The van der Waals surface area contributed by atoms with E-state index in [0.29, 0.717) is 11.5 Å². The van der Waals surface area contributed by atoms with E-state index in [1.807, 2.05) is 30.3 Å². The van der Waals surface area contributed by atoms with E-state index in [4.69, 9.17) is 5.73 Å². The van der Waals surface area contributed by atoms with Crippen molar-refractivity contribution in [2.75, 3.05) is 12.0 Å². The van der Waals surface area contributed by atoms with Crippen LogP contribution >= 0.6 is 0 Å². The van der Waals surface area contributed by atoms with Crippen LogP contribution in [0.5, 0.6) is 0 Å². The molecule has 1 atom stereocenters. The number of nitrogens with two attached hydrogens (primary N) is 1. The Balaban J connectivity index is 2.46. The minimum atomic E-state index is -3.17. The van der Waals surface area contributed by atoms with E-state index in [1.54, 1.807) is 13.0 Å². The second kappa shape index (κ2) is 4.45. The molecule has 2 N–H and O–H groups in total. The molecule has 1 heterocycles. The summed E-state index contributed by atoms with van der Waals surface area (Å²) in [5.74, 6) is 0.423. The average Bonchev–Trinajstić information content (AvgIpc) is 2.70. The largest absolute Gasteiger partial charge is 0.384 e. The summed E-state index contributed by atoms with van der Waals surface area (Å²) in [6.45, 7) is 1.60. The first-order valence-corrected chi connectivity index (χ1v) is 7.45. The highest BCUT2D eigenvalue weighted by Crippen LogP contribution is 2.23. The van der Waals surface area contributed by atoms with Crippen molar-refractivity contribution < 1.29 is 8.42 Å². The third-order valence-corrected chi connectivity index (χ3v) is 4.34. The molecule has 2 aromatic rings. The van der Waals surface area contributed by atoms with Crippen LogP contribution < -0.4 is 5.73 Å². The summed E-state index contributed by atoms with van der Waals surface area (Å²) in [5, 5.41) is 3.60. The molecule has 0 fully saturated rings. The molecule has 1 aromatic carbocycles. The van der Waals surface area contributed by atoms with Crippen LogP contribution in [0.3, 0.4) is 0 Å². The van der Waals surface area contributed by atoms with Crippen LogP contribution in [0.4, 0.5) is 5.82 Å². The SMILES string of the molecule is CC(c1cc(N)n(-c2ccccc2)n1)S(C)(=O)=O. The third-order valence-electron chi connectivity index (χ3n) is 2.82. The highest BCUT2D eigenvalue weighted by atomic mass is 32.2. The molecule has 0 bridgehead atoms. The van der Waals surface area contributed by atoms with Crippen molar-refractivity contribution in [3.05, 3.63) is 42.1 Å². The number of sulfone groups is 1. The lowest BCUT2D eigenvalue weighted by atomic mass is 10.3. The van der Waals surface area contributed by atoms with Gasteiger partial charge in [0.25, 0.3) is 0 Å². The Morgan fingerprint density at radius 3 is 2.44 bits per heavy atom. The number of hydrogen-bond acceptors (Lipinski definition) is 4. The molecular formula is C12H15N3O2S. The summed E-state index contributed by atoms with van der Waals surface area (Å²) < 4.78 is 24.5. The predicted octanol–water partition coefficient (Wildman–Crippen LogP) is 1.56. The highest BCUT2D eigenvalue weighted by molar-refractivity contribution is 7.90. The maximum Gasteiger partial charge on any atom is 0.155 e. The van der Waals surface area contributed by atoms with Crippen LogP contribution in [-0.2, 0) is 9.84 Å². The van der Waals surface area contributed by atoms with Crippen LogP contribution in [0.15, 0.2) is 36.4 Å². The molecule has 1 aromatic heterocycles. The molecule has 0 saturated heterocycles. The topological polar surface area (TPSA) is 78.0 Å². The molecule has 96 valence electrons. The fourth-order valence-corrected chi connectivity index (χ4v) is 2.16. The first-order chi connectivity index (χ1) is 8.39. The van der Waals surface area contributed by atoms with Crippen molar-refractivity contribution >= 4 is 15.7 Å². The molecular weight excluding hydrogens is 250 g/mol. The van der Waals surface area contributed by atoms with Crippen LogP contribution in [0.25, 0.3) is 5.69 Å². The molecule has 0 aliphatic carbocycles. The van der Waals surface area contributed by atoms with Gasteiger partial charge in [0.05, 0.1) is 11.4 Å². The standard InChI is InChI=1S/C12H15N3O2S/c1-9(18(2,16)17)11-8-12(13)15(14-11)10-6-4-3-5-7-10/h3-9H,13H2,1-2H3. The number of benzene rings is 1. The van der Waals surface area contributed by atoms with Crippen LogP contribution in [-0.4, -0.2) is 24.5 Å². The molecule has 5 nitrogen and oxygen atoms in total. The van der Waals surface area contributed by atoms with Crippen molar-refractivity contribution in [1.82, 2.24) is 9.78 Å². The Hall–Kier alpha value is -1.82. The van der Waals surface area contributed by atoms with Gasteiger partial charge in [0.2, 0.25) is 0 Å². The van der Waals surface area contributed by atoms with E-state index in [9.17, 15) is 8.42 Å². The van der Waals surface area contributed by atoms with E-state index in [2.05, 4.69) is 5.10 Å². The zero-order valence-corrected chi connectivity index (χ0v) is 11.1. The van der Waals surface area contributed by atoms with Gasteiger partial charge in [0.15, 0.2) is 9.84 Å². The zero-order valence-electron chi connectivity index (χ0n) is 10.2. The Kier molecular flexibility index (Phi) is 3.13. The van der Waals surface area contributed by atoms with E-state index >= 15 is 0 Å². The Morgan fingerprint density at radius 2 is 1.89 bits per heavy atom. The molecule has 1 unspecified atom stereocenters. The van der Waals surface area contributed by atoms with Gasteiger partial charge < -0.3 is 5.73 Å². The molecule has 0 saturated carbocycles. The lowest BCUT2D eigenvalue weighted by Crippen LogP contribution is -2.09. The van der Waals surface area contributed by atoms with Gasteiger partial charge in [-0.2, -0.15) is 5.10 Å². The number of nitrogens with zero attached hydrogens (tertiary/aromatic N) is 2. The van der Waals surface area contributed by atoms with Gasteiger partial charge in [0.1, 0.15) is 11.1 Å². The van der Waals surface area contributed by atoms with Crippen LogP contribution in [0.1, 0.15) is 17.9 Å². The zero-order chi connectivity index (χ0) is 13.3. The van der Waals surface area contributed by atoms with Gasteiger partial charge in [-0.3, -0.25) is 0 Å². The lowest BCUT2D eigenvalue weighted by Gasteiger charge is -2.05.